The van der Waals surface area contributed by atoms with E-state index in [1.54, 1.807) is 6.92 Å². The molecule has 0 amide bonds. The predicted molar refractivity (Wildman–Crippen MR) is 34.0 cm³/mol. The molecule has 1 N–H and O–H groups in total. The van der Waals surface area contributed by atoms with Crippen LogP contribution in [0, 0.1) is 0 Å². The molecule has 1 aliphatic heterocycles. The van der Waals surface area contributed by atoms with Gasteiger partial charge in [-0.05, 0) is 13.8 Å². The summed E-state index contributed by atoms with van der Waals surface area (Å²) in [5, 5.41) is 15.5. The van der Waals surface area contributed by atoms with E-state index in [-0.39, 0.29) is 17.1 Å². The van der Waals surface area contributed by atoms with Crippen molar-refractivity contribution in [3.63, 3.8) is 0 Å². The quantitative estimate of drug-likeness (QED) is 0.638. The second-order valence-electron chi connectivity index (χ2n) is 2.18. The molecule has 0 spiro atoms. The van der Waals surface area contributed by atoms with Crippen LogP contribution in [0.2, 0.25) is 0 Å². The first-order valence-electron chi connectivity index (χ1n) is 2.77. The third-order valence-corrected chi connectivity index (χ3v) is 1.17. The molecule has 1 atom stereocenters. The first-order valence-corrected chi connectivity index (χ1v) is 2.77. The molecule has 5 nitrogen and oxygen atoms in total. The maximum absolute atomic E-state index is 10.4. The summed E-state index contributed by atoms with van der Waals surface area (Å²) in [6, 6.07) is 0. The minimum Gasteiger partial charge on any atom is -0.478 e. The number of aliphatic carboxylic acids is 1. The number of carboxylic acid groups (broad SMARTS) is 1. The van der Waals surface area contributed by atoms with Gasteiger partial charge in [-0.15, -0.1) is 10.2 Å². The van der Waals surface area contributed by atoms with Crippen LogP contribution >= 0.6 is 0 Å². The first kappa shape index (κ1) is 10.3. The van der Waals surface area contributed by atoms with Crippen molar-refractivity contribution in [3.8, 4) is 0 Å². The first-order chi connectivity index (χ1) is 4.54. The van der Waals surface area contributed by atoms with Crippen molar-refractivity contribution in [3.05, 3.63) is 0 Å². The molecule has 0 aromatic rings. The molecule has 1 heterocycles. The van der Waals surface area contributed by atoms with Crippen LogP contribution in [0.25, 0.3) is 0 Å². The Labute approximate surface area is 74.1 Å². The van der Waals surface area contributed by atoms with E-state index >= 15 is 0 Å². The topological polar surface area (TPSA) is 74.4 Å². The fourth-order valence-corrected chi connectivity index (χ4v) is 0.620. The van der Waals surface area contributed by atoms with Crippen molar-refractivity contribution in [2.45, 2.75) is 19.5 Å². The molecule has 1 rings (SSSR count). The summed E-state index contributed by atoms with van der Waals surface area (Å²) < 4.78 is 0. The molecule has 1 unspecified atom stereocenters. The van der Waals surface area contributed by atoms with Gasteiger partial charge in [0.25, 0.3) is 5.66 Å². The summed E-state index contributed by atoms with van der Waals surface area (Å²) >= 11 is 0. The van der Waals surface area contributed by atoms with Gasteiger partial charge in [0.05, 0.1) is 0 Å². The van der Waals surface area contributed by atoms with Crippen molar-refractivity contribution in [1.29, 1.82) is 0 Å². The van der Waals surface area contributed by atoms with Crippen LogP contribution < -0.4 is 0 Å². The van der Waals surface area contributed by atoms with Gasteiger partial charge < -0.3 is 5.11 Å². The van der Waals surface area contributed by atoms with Crippen LogP contribution in [-0.4, -0.2) is 22.6 Å². The van der Waals surface area contributed by atoms with Crippen LogP contribution in [-0.2, 0) is 21.9 Å². The molecule has 1 radical (unpaired) electrons. The van der Waals surface area contributed by atoms with E-state index in [0.29, 0.717) is 5.84 Å². The summed E-state index contributed by atoms with van der Waals surface area (Å²) in [7, 11) is 0. The van der Waals surface area contributed by atoms with E-state index in [4.69, 9.17) is 5.11 Å². The Morgan fingerprint density at radius 1 is 1.64 bits per heavy atom. The Bertz CT molecular complexity index is 238. The summed E-state index contributed by atoms with van der Waals surface area (Å²) in [6.45, 7) is 3.01. The smallest absolute Gasteiger partial charge is 0.356 e. The van der Waals surface area contributed by atoms with Crippen LogP contribution in [0.3, 0.4) is 0 Å². The van der Waals surface area contributed by atoms with Gasteiger partial charge in [-0.3, -0.25) is 0 Å². The van der Waals surface area contributed by atoms with Gasteiger partial charge in [0.2, 0.25) is 0 Å². The number of nitrogens with zero attached hydrogens (tertiary/aromatic N) is 3. The zero-order valence-corrected chi connectivity index (χ0v) is 6.94. The van der Waals surface area contributed by atoms with Crippen molar-refractivity contribution < 1.29 is 27.0 Å². The number of carboxylic acids is 1. The molecular formula is C5H7CuN3O2. The van der Waals surface area contributed by atoms with Gasteiger partial charge in [0, 0.05) is 17.1 Å². The van der Waals surface area contributed by atoms with E-state index in [2.05, 4.69) is 15.2 Å². The Morgan fingerprint density at radius 3 is 2.36 bits per heavy atom. The van der Waals surface area contributed by atoms with Gasteiger partial charge in [0.15, 0.2) is 0 Å². The number of carbonyl (C=O) groups is 1. The second kappa shape index (κ2) is 3.11. The van der Waals surface area contributed by atoms with Gasteiger partial charge >= 0.3 is 5.97 Å². The molecule has 0 saturated heterocycles. The molecule has 65 valence electrons. The minimum atomic E-state index is -1.37. The fourth-order valence-electron chi connectivity index (χ4n) is 0.620. The van der Waals surface area contributed by atoms with E-state index in [1.807, 2.05) is 0 Å². The molecule has 6 heteroatoms. The van der Waals surface area contributed by atoms with Crippen molar-refractivity contribution in [1.82, 2.24) is 0 Å². The third kappa shape index (κ3) is 1.85. The molecule has 0 bridgehead atoms. The van der Waals surface area contributed by atoms with Crippen LogP contribution in [0.5, 0.6) is 0 Å². The maximum atomic E-state index is 10.4. The van der Waals surface area contributed by atoms with Crippen molar-refractivity contribution >= 4 is 11.8 Å². The van der Waals surface area contributed by atoms with Gasteiger partial charge in [-0.1, -0.05) is 0 Å². The summed E-state index contributed by atoms with van der Waals surface area (Å²) in [4.78, 5) is 14.1. The van der Waals surface area contributed by atoms with E-state index < -0.39 is 11.6 Å². The summed E-state index contributed by atoms with van der Waals surface area (Å²) in [5.41, 5.74) is -1.37. The summed E-state index contributed by atoms with van der Waals surface area (Å²) in [5.74, 6) is -0.669. The Hall–Kier alpha value is -0.741. The Kier molecular flexibility index (Phi) is 2.90. The van der Waals surface area contributed by atoms with E-state index in [9.17, 15) is 4.79 Å². The van der Waals surface area contributed by atoms with E-state index in [0.717, 1.165) is 0 Å². The minimum absolute atomic E-state index is 0. The fraction of sp³-hybridized carbons (Fsp3) is 0.600. The molecule has 0 aliphatic carbocycles. The molecule has 0 fully saturated rings. The SMILES string of the molecule is CC1=NC(C)(C(=O)O)N=N1.[Cu]. The molecule has 1 aliphatic rings. The largest absolute Gasteiger partial charge is 0.478 e. The van der Waals surface area contributed by atoms with Gasteiger partial charge in [0.1, 0.15) is 5.84 Å². The number of rotatable bonds is 1. The number of aliphatic imine (C=N–C) groups is 1. The molecular weight excluding hydrogens is 198 g/mol. The number of azo groups is 1. The van der Waals surface area contributed by atoms with Crippen LogP contribution in [0.4, 0.5) is 0 Å². The van der Waals surface area contributed by atoms with Crippen LogP contribution in [0.1, 0.15) is 13.8 Å². The Balaban J connectivity index is 0.000001000. The molecule has 0 aromatic heterocycles. The average molecular weight is 205 g/mol. The van der Waals surface area contributed by atoms with E-state index in [1.165, 1.54) is 6.92 Å². The van der Waals surface area contributed by atoms with Crippen molar-refractivity contribution in [2.24, 2.45) is 15.2 Å². The monoisotopic (exact) mass is 204 g/mol. The zero-order valence-electron chi connectivity index (χ0n) is 6.00. The molecule has 0 saturated carbocycles. The second-order valence-corrected chi connectivity index (χ2v) is 2.18. The van der Waals surface area contributed by atoms with Crippen LogP contribution in [0.15, 0.2) is 15.2 Å². The Morgan fingerprint density at radius 2 is 2.18 bits per heavy atom. The predicted octanol–water partition coefficient (Wildman–Crippen LogP) is 0.669. The number of amidine groups is 1. The van der Waals surface area contributed by atoms with Crippen molar-refractivity contribution in [2.75, 3.05) is 0 Å². The average Bonchev–Trinajstić information content (AvgIpc) is 2.13. The summed E-state index contributed by atoms with van der Waals surface area (Å²) in [6.07, 6.45) is 0. The number of hydrogen-bond donors (Lipinski definition) is 1. The molecule has 0 aromatic carbocycles. The normalized spacial score (nSPS) is 27.6. The maximum Gasteiger partial charge on any atom is 0.356 e. The third-order valence-electron chi connectivity index (χ3n) is 1.17. The zero-order chi connectivity index (χ0) is 7.78. The standard InChI is InChI=1S/C5H7N3O2.Cu/c1-3-6-5(2,4(9)10)8-7-3;/h1-2H3,(H,9,10);. The number of hydrogen-bond acceptors (Lipinski definition) is 4. The molecule has 11 heavy (non-hydrogen) atoms. The van der Waals surface area contributed by atoms with Gasteiger partial charge in [-0.2, -0.15) is 0 Å². The van der Waals surface area contributed by atoms with Gasteiger partial charge in [-0.25, -0.2) is 9.79 Å².